The number of carbonyl (C=O) groups is 1. The van der Waals surface area contributed by atoms with Gasteiger partial charge in [0.05, 0.1) is 0 Å². The molecular formula is C11H16O4. The van der Waals surface area contributed by atoms with Crippen molar-refractivity contribution in [3.63, 3.8) is 0 Å². The summed E-state index contributed by atoms with van der Waals surface area (Å²) in [5.74, 6) is -2.40. The molecule has 0 spiro atoms. The summed E-state index contributed by atoms with van der Waals surface area (Å²) in [6, 6.07) is 0. The Labute approximate surface area is 88.5 Å². The molecule has 4 nitrogen and oxygen atoms in total. The molecular weight excluding hydrogens is 196 g/mol. The van der Waals surface area contributed by atoms with Gasteiger partial charge in [0, 0.05) is 0 Å². The zero-order chi connectivity index (χ0) is 11.9. The minimum atomic E-state index is -1.48. The lowest BCUT2D eigenvalue weighted by atomic mass is 9.67. The van der Waals surface area contributed by atoms with Crippen molar-refractivity contribution in [2.45, 2.75) is 26.4 Å². The van der Waals surface area contributed by atoms with E-state index >= 15 is 0 Å². The Hall–Kier alpha value is -1.29. The Morgan fingerprint density at radius 3 is 2.40 bits per heavy atom. The minimum Gasteiger partial charge on any atom is -0.508 e. The van der Waals surface area contributed by atoms with E-state index in [2.05, 4.69) is 0 Å². The first-order chi connectivity index (χ1) is 6.68. The Morgan fingerprint density at radius 1 is 1.47 bits per heavy atom. The second-order valence-corrected chi connectivity index (χ2v) is 4.82. The van der Waals surface area contributed by atoms with Crippen LogP contribution >= 0.6 is 0 Å². The van der Waals surface area contributed by atoms with Crippen molar-refractivity contribution in [3.8, 4) is 0 Å². The number of aliphatic hydroxyl groups excluding tert-OH is 1. The summed E-state index contributed by atoms with van der Waals surface area (Å²) in [4.78, 5) is 11.0. The Bertz CT molecular complexity index is 335. The molecule has 1 aliphatic carbocycles. The van der Waals surface area contributed by atoms with E-state index in [9.17, 15) is 15.0 Å². The lowest BCUT2D eigenvalue weighted by Gasteiger charge is -2.42. The molecule has 0 aromatic rings. The molecule has 0 radical (unpaired) electrons. The minimum absolute atomic E-state index is 0.128. The van der Waals surface area contributed by atoms with Crippen LogP contribution in [0.4, 0.5) is 0 Å². The first-order valence-electron chi connectivity index (χ1n) is 4.73. The van der Waals surface area contributed by atoms with Gasteiger partial charge in [0.2, 0.25) is 0 Å². The van der Waals surface area contributed by atoms with Gasteiger partial charge in [-0.1, -0.05) is 20.8 Å². The van der Waals surface area contributed by atoms with Crippen LogP contribution in [0.1, 0.15) is 20.8 Å². The first-order valence-corrected chi connectivity index (χ1v) is 4.73. The van der Waals surface area contributed by atoms with Crippen molar-refractivity contribution in [2.24, 2.45) is 11.3 Å². The van der Waals surface area contributed by atoms with Gasteiger partial charge in [-0.25, -0.2) is 0 Å². The fourth-order valence-corrected chi connectivity index (χ4v) is 1.65. The number of hydrogen-bond donors (Lipinski definition) is 3. The SMILES string of the molecule is CC(C)(C)C1(O)C=CC(O)=CC1C(=O)O. The number of carboxylic acid groups (broad SMARTS) is 1. The van der Waals surface area contributed by atoms with Gasteiger partial charge in [0.25, 0.3) is 0 Å². The molecule has 2 atom stereocenters. The van der Waals surface area contributed by atoms with Gasteiger partial charge in [0.15, 0.2) is 0 Å². The van der Waals surface area contributed by atoms with E-state index in [0.29, 0.717) is 0 Å². The highest BCUT2D eigenvalue weighted by Gasteiger charge is 2.48. The molecule has 1 aliphatic rings. The zero-order valence-electron chi connectivity index (χ0n) is 9.06. The summed E-state index contributed by atoms with van der Waals surface area (Å²) in [5.41, 5.74) is -2.10. The Balaban J connectivity index is 3.20. The fourth-order valence-electron chi connectivity index (χ4n) is 1.65. The number of carboxylic acids is 1. The number of aliphatic carboxylic acids is 1. The average molecular weight is 212 g/mol. The fraction of sp³-hybridized carbons (Fsp3) is 0.545. The summed E-state index contributed by atoms with van der Waals surface area (Å²) in [7, 11) is 0. The molecule has 15 heavy (non-hydrogen) atoms. The molecule has 0 heterocycles. The van der Waals surface area contributed by atoms with Gasteiger partial charge in [0.1, 0.15) is 17.3 Å². The molecule has 0 aromatic heterocycles. The summed E-state index contributed by atoms with van der Waals surface area (Å²) < 4.78 is 0. The Kier molecular flexibility index (Phi) is 2.65. The smallest absolute Gasteiger partial charge is 0.313 e. The average Bonchev–Trinajstić information content (AvgIpc) is 2.07. The van der Waals surface area contributed by atoms with Crippen LogP contribution in [0.15, 0.2) is 24.0 Å². The second-order valence-electron chi connectivity index (χ2n) is 4.82. The molecule has 1 rings (SSSR count). The van der Waals surface area contributed by atoms with Crippen LogP contribution in [0, 0.1) is 11.3 Å². The van der Waals surface area contributed by atoms with Gasteiger partial charge in [-0.3, -0.25) is 4.79 Å². The van der Waals surface area contributed by atoms with Crippen molar-refractivity contribution in [1.29, 1.82) is 0 Å². The second kappa shape index (κ2) is 3.38. The monoisotopic (exact) mass is 212 g/mol. The van der Waals surface area contributed by atoms with Gasteiger partial charge < -0.3 is 15.3 Å². The van der Waals surface area contributed by atoms with Crippen LogP contribution in [0.5, 0.6) is 0 Å². The third-order valence-corrected chi connectivity index (χ3v) is 2.79. The van der Waals surface area contributed by atoms with Crippen molar-refractivity contribution < 1.29 is 20.1 Å². The maximum Gasteiger partial charge on any atom is 0.313 e. The first kappa shape index (κ1) is 11.8. The number of allylic oxidation sites excluding steroid dienone is 1. The van der Waals surface area contributed by atoms with E-state index in [1.807, 2.05) is 0 Å². The van der Waals surface area contributed by atoms with Crippen molar-refractivity contribution in [3.05, 3.63) is 24.0 Å². The van der Waals surface area contributed by atoms with Gasteiger partial charge in [-0.15, -0.1) is 0 Å². The highest BCUT2D eigenvalue weighted by atomic mass is 16.4. The van der Waals surface area contributed by atoms with Crippen LogP contribution in [-0.2, 0) is 4.79 Å². The molecule has 0 aromatic carbocycles. The number of aliphatic hydroxyl groups is 2. The maximum atomic E-state index is 11.0. The molecule has 3 N–H and O–H groups in total. The van der Waals surface area contributed by atoms with Crippen molar-refractivity contribution in [1.82, 2.24) is 0 Å². The summed E-state index contributed by atoms with van der Waals surface area (Å²) in [6.07, 6.45) is 3.83. The van der Waals surface area contributed by atoms with Crippen LogP contribution in [0.2, 0.25) is 0 Å². The van der Waals surface area contributed by atoms with Gasteiger partial charge in [-0.2, -0.15) is 0 Å². The van der Waals surface area contributed by atoms with E-state index in [1.54, 1.807) is 20.8 Å². The number of rotatable bonds is 1. The molecule has 0 saturated carbocycles. The highest BCUT2D eigenvalue weighted by Crippen LogP contribution is 2.41. The third kappa shape index (κ3) is 1.90. The predicted octanol–water partition coefficient (Wildman–Crippen LogP) is 1.48. The lowest BCUT2D eigenvalue weighted by Crippen LogP contribution is -2.51. The van der Waals surface area contributed by atoms with E-state index in [0.717, 1.165) is 6.08 Å². The molecule has 0 bridgehead atoms. The molecule has 0 aliphatic heterocycles. The van der Waals surface area contributed by atoms with E-state index in [-0.39, 0.29) is 5.76 Å². The maximum absolute atomic E-state index is 11.0. The largest absolute Gasteiger partial charge is 0.508 e. The van der Waals surface area contributed by atoms with Crippen molar-refractivity contribution in [2.75, 3.05) is 0 Å². The lowest BCUT2D eigenvalue weighted by molar-refractivity contribution is -0.152. The Morgan fingerprint density at radius 2 is 2.00 bits per heavy atom. The van der Waals surface area contributed by atoms with Gasteiger partial charge in [-0.05, 0) is 23.6 Å². The molecule has 4 heteroatoms. The van der Waals surface area contributed by atoms with E-state index in [4.69, 9.17) is 5.11 Å². The number of hydrogen-bond acceptors (Lipinski definition) is 3. The van der Waals surface area contributed by atoms with Crippen LogP contribution < -0.4 is 0 Å². The zero-order valence-corrected chi connectivity index (χ0v) is 9.06. The van der Waals surface area contributed by atoms with Crippen molar-refractivity contribution >= 4 is 5.97 Å². The quantitative estimate of drug-likeness (QED) is 0.615. The summed E-state index contributed by atoms with van der Waals surface area (Å²) >= 11 is 0. The molecule has 84 valence electrons. The van der Waals surface area contributed by atoms with E-state index in [1.165, 1.54) is 12.2 Å². The van der Waals surface area contributed by atoms with Gasteiger partial charge >= 0.3 is 5.97 Å². The van der Waals surface area contributed by atoms with Crippen LogP contribution in [-0.4, -0.2) is 26.9 Å². The van der Waals surface area contributed by atoms with E-state index < -0.39 is 22.9 Å². The predicted molar refractivity (Wildman–Crippen MR) is 55.4 cm³/mol. The van der Waals surface area contributed by atoms with Crippen LogP contribution in [0.25, 0.3) is 0 Å². The molecule has 0 fully saturated rings. The topological polar surface area (TPSA) is 77.8 Å². The normalized spacial score (nSPS) is 31.2. The third-order valence-electron chi connectivity index (χ3n) is 2.79. The van der Waals surface area contributed by atoms with Crippen LogP contribution in [0.3, 0.4) is 0 Å². The molecule has 2 unspecified atom stereocenters. The standard InChI is InChI=1S/C11H16O4/c1-10(2,3)11(15)5-4-7(12)6-8(11)9(13)14/h4-6,8,12,15H,1-3H3,(H,13,14). The summed E-state index contributed by atoms with van der Waals surface area (Å²) in [6.45, 7) is 5.26. The molecule has 0 saturated heterocycles. The summed E-state index contributed by atoms with van der Waals surface area (Å²) in [5, 5.41) is 28.6. The molecule has 0 amide bonds. The highest BCUT2D eigenvalue weighted by molar-refractivity contribution is 5.75.